The first-order chi connectivity index (χ1) is 6.77. The summed E-state index contributed by atoms with van der Waals surface area (Å²) in [6, 6.07) is 0. The third-order valence-corrected chi connectivity index (χ3v) is 2.68. The van der Waals surface area contributed by atoms with Crippen LogP contribution in [0.4, 0.5) is 0 Å². The molecule has 0 atom stereocenters. The topological polar surface area (TPSA) is 49.8 Å². The lowest BCUT2D eigenvalue weighted by molar-refractivity contribution is -0.133. The molecule has 1 saturated heterocycles. The molecule has 0 aromatic carbocycles. The van der Waals surface area contributed by atoms with Crippen molar-refractivity contribution in [3.63, 3.8) is 0 Å². The van der Waals surface area contributed by atoms with Gasteiger partial charge in [-0.1, -0.05) is 0 Å². The maximum atomic E-state index is 11.5. The molecule has 1 fully saturated rings. The normalized spacial score (nSPS) is 18.6. The van der Waals surface area contributed by atoms with Gasteiger partial charge in [-0.25, -0.2) is 0 Å². The standard InChI is InChI=1S/C10H19NO3/c1-14-9-4-6-11(7-5-9)10(13)3-2-8-12/h9,12H,2-8H2,1H3. The highest BCUT2D eigenvalue weighted by Crippen LogP contribution is 2.13. The minimum atomic E-state index is 0.0975. The number of hydrogen-bond donors (Lipinski definition) is 1. The van der Waals surface area contributed by atoms with Crippen molar-refractivity contribution in [1.82, 2.24) is 4.90 Å². The smallest absolute Gasteiger partial charge is 0.222 e. The number of nitrogens with zero attached hydrogens (tertiary/aromatic N) is 1. The fraction of sp³-hybridized carbons (Fsp3) is 0.900. The van der Waals surface area contributed by atoms with Crippen molar-refractivity contribution in [1.29, 1.82) is 0 Å². The van der Waals surface area contributed by atoms with Crippen LogP contribution < -0.4 is 0 Å². The van der Waals surface area contributed by atoms with Gasteiger partial charge in [0.1, 0.15) is 0 Å². The number of likely N-dealkylation sites (tertiary alicyclic amines) is 1. The number of carbonyl (C=O) groups excluding carboxylic acids is 1. The van der Waals surface area contributed by atoms with Crippen LogP contribution in [0.1, 0.15) is 25.7 Å². The average Bonchev–Trinajstić information content (AvgIpc) is 2.26. The maximum Gasteiger partial charge on any atom is 0.222 e. The van der Waals surface area contributed by atoms with E-state index in [0.29, 0.717) is 18.9 Å². The molecule has 0 saturated carbocycles. The van der Waals surface area contributed by atoms with E-state index in [1.54, 1.807) is 7.11 Å². The molecule has 82 valence electrons. The molecule has 14 heavy (non-hydrogen) atoms. The second-order valence-electron chi connectivity index (χ2n) is 3.64. The summed E-state index contributed by atoms with van der Waals surface area (Å²) in [4.78, 5) is 13.4. The van der Waals surface area contributed by atoms with Crippen LogP contribution in [-0.2, 0) is 9.53 Å². The molecule has 0 aliphatic carbocycles. The van der Waals surface area contributed by atoms with Crippen LogP contribution in [0.15, 0.2) is 0 Å². The van der Waals surface area contributed by atoms with Crippen molar-refractivity contribution in [3.05, 3.63) is 0 Å². The van der Waals surface area contributed by atoms with E-state index < -0.39 is 0 Å². The second-order valence-corrected chi connectivity index (χ2v) is 3.64. The Bertz CT molecular complexity index is 176. The van der Waals surface area contributed by atoms with Crippen LogP contribution in [0.5, 0.6) is 0 Å². The fourth-order valence-corrected chi connectivity index (χ4v) is 1.73. The fourth-order valence-electron chi connectivity index (χ4n) is 1.73. The molecule has 1 N–H and O–H groups in total. The lowest BCUT2D eigenvalue weighted by Gasteiger charge is -2.31. The number of aliphatic hydroxyl groups is 1. The summed E-state index contributed by atoms with van der Waals surface area (Å²) in [7, 11) is 1.72. The van der Waals surface area contributed by atoms with Crippen molar-refractivity contribution in [2.75, 3.05) is 26.8 Å². The number of carbonyl (C=O) groups is 1. The third kappa shape index (κ3) is 3.27. The molecular weight excluding hydrogens is 182 g/mol. The number of piperidine rings is 1. The average molecular weight is 201 g/mol. The number of methoxy groups -OCH3 is 1. The van der Waals surface area contributed by atoms with Gasteiger partial charge in [-0.05, 0) is 19.3 Å². The summed E-state index contributed by atoms with van der Waals surface area (Å²) >= 11 is 0. The van der Waals surface area contributed by atoms with Gasteiger partial charge >= 0.3 is 0 Å². The van der Waals surface area contributed by atoms with Gasteiger partial charge in [-0.15, -0.1) is 0 Å². The van der Waals surface area contributed by atoms with Crippen molar-refractivity contribution >= 4 is 5.91 Å². The summed E-state index contributed by atoms with van der Waals surface area (Å²) in [5, 5.41) is 8.60. The number of rotatable bonds is 4. The van der Waals surface area contributed by atoms with E-state index in [9.17, 15) is 4.79 Å². The Morgan fingerprint density at radius 3 is 2.64 bits per heavy atom. The summed E-state index contributed by atoms with van der Waals surface area (Å²) in [6.45, 7) is 1.69. The number of aliphatic hydroxyl groups excluding tert-OH is 1. The van der Waals surface area contributed by atoms with E-state index in [-0.39, 0.29) is 12.5 Å². The molecule has 0 radical (unpaired) electrons. The molecule has 0 bridgehead atoms. The molecule has 0 unspecified atom stereocenters. The van der Waals surface area contributed by atoms with Crippen LogP contribution in [0.2, 0.25) is 0 Å². The minimum Gasteiger partial charge on any atom is -0.396 e. The van der Waals surface area contributed by atoms with Crippen molar-refractivity contribution in [3.8, 4) is 0 Å². The Labute approximate surface area is 84.8 Å². The van der Waals surface area contributed by atoms with Crippen LogP contribution >= 0.6 is 0 Å². The van der Waals surface area contributed by atoms with Gasteiger partial charge in [-0.2, -0.15) is 0 Å². The lowest BCUT2D eigenvalue weighted by atomic mass is 10.1. The minimum absolute atomic E-state index is 0.0975. The molecule has 0 aromatic heterocycles. The molecule has 0 spiro atoms. The first kappa shape index (κ1) is 11.5. The number of hydrogen-bond acceptors (Lipinski definition) is 3. The van der Waals surface area contributed by atoms with Crippen LogP contribution in [0, 0.1) is 0 Å². The Morgan fingerprint density at radius 1 is 1.50 bits per heavy atom. The monoisotopic (exact) mass is 201 g/mol. The van der Waals surface area contributed by atoms with Gasteiger partial charge < -0.3 is 14.7 Å². The van der Waals surface area contributed by atoms with Gasteiger partial charge in [0.05, 0.1) is 6.10 Å². The third-order valence-electron chi connectivity index (χ3n) is 2.68. The summed E-state index contributed by atoms with van der Waals surface area (Å²) in [6.07, 6.45) is 3.22. The molecule has 0 aromatic rings. The highest BCUT2D eigenvalue weighted by atomic mass is 16.5. The summed E-state index contributed by atoms with van der Waals surface area (Å²) < 4.78 is 5.22. The number of ether oxygens (including phenoxy) is 1. The van der Waals surface area contributed by atoms with Gasteiger partial charge in [0.15, 0.2) is 0 Å². The lowest BCUT2D eigenvalue weighted by Crippen LogP contribution is -2.40. The quantitative estimate of drug-likeness (QED) is 0.716. The Balaban J connectivity index is 2.23. The zero-order valence-electron chi connectivity index (χ0n) is 8.74. The Morgan fingerprint density at radius 2 is 2.14 bits per heavy atom. The largest absolute Gasteiger partial charge is 0.396 e. The number of amides is 1. The van der Waals surface area contributed by atoms with Gasteiger partial charge in [0, 0.05) is 33.2 Å². The molecular formula is C10H19NO3. The molecule has 1 heterocycles. The van der Waals surface area contributed by atoms with E-state index in [2.05, 4.69) is 0 Å². The Hall–Kier alpha value is -0.610. The zero-order chi connectivity index (χ0) is 10.4. The predicted molar refractivity (Wildman–Crippen MR) is 52.9 cm³/mol. The predicted octanol–water partition coefficient (Wildman–Crippen LogP) is 0.396. The van der Waals surface area contributed by atoms with Crippen molar-refractivity contribution in [2.24, 2.45) is 0 Å². The highest BCUT2D eigenvalue weighted by Gasteiger charge is 2.21. The van der Waals surface area contributed by atoms with Crippen molar-refractivity contribution < 1.29 is 14.6 Å². The van der Waals surface area contributed by atoms with Gasteiger partial charge in [0.25, 0.3) is 0 Å². The van der Waals surface area contributed by atoms with E-state index >= 15 is 0 Å². The molecule has 1 amide bonds. The SMILES string of the molecule is COC1CCN(C(=O)CCCO)CC1. The molecule has 1 aliphatic heterocycles. The summed E-state index contributed by atoms with van der Waals surface area (Å²) in [5.41, 5.74) is 0. The maximum absolute atomic E-state index is 11.5. The summed E-state index contributed by atoms with van der Waals surface area (Å²) in [5.74, 6) is 0.161. The van der Waals surface area contributed by atoms with Gasteiger partial charge in [-0.3, -0.25) is 4.79 Å². The molecule has 4 heteroatoms. The van der Waals surface area contributed by atoms with E-state index in [4.69, 9.17) is 9.84 Å². The molecule has 1 rings (SSSR count). The molecule has 1 aliphatic rings. The van der Waals surface area contributed by atoms with Crippen LogP contribution in [0.25, 0.3) is 0 Å². The van der Waals surface area contributed by atoms with E-state index in [1.165, 1.54) is 0 Å². The molecule has 4 nitrogen and oxygen atoms in total. The highest BCUT2D eigenvalue weighted by molar-refractivity contribution is 5.76. The Kier molecular flexibility index (Phi) is 4.90. The second kappa shape index (κ2) is 5.98. The van der Waals surface area contributed by atoms with Crippen LogP contribution in [0.3, 0.4) is 0 Å². The first-order valence-corrected chi connectivity index (χ1v) is 5.19. The van der Waals surface area contributed by atoms with Gasteiger partial charge in [0.2, 0.25) is 5.91 Å². The van der Waals surface area contributed by atoms with E-state index in [1.807, 2.05) is 4.90 Å². The van der Waals surface area contributed by atoms with Crippen molar-refractivity contribution in [2.45, 2.75) is 31.8 Å². The first-order valence-electron chi connectivity index (χ1n) is 5.19. The van der Waals surface area contributed by atoms with Crippen LogP contribution in [-0.4, -0.2) is 48.8 Å². The zero-order valence-corrected chi connectivity index (χ0v) is 8.74. The van der Waals surface area contributed by atoms with E-state index in [0.717, 1.165) is 25.9 Å².